The van der Waals surface area contributed by atoms with Gasteiger partial charge in [0, 0.05) is 13.0 Å². The van der Waals surface area contributed by atoms with Crippen LogP contribution >= 0.6 is 11.3 Å². The fourth-order valence-electron chi connectivity index (χ4n) is 2.33. The van der Waals surface area contributed by atoms with E-state index in [4.69, 9.17) is 14.6 Å². The first-order chi connectivity index (χ1) is 11.0. The van der Waals surface area contributed by atoms with Crippen molar-refractivity contribution in [2.24, 2.45) is 0 Å². The highest BCUT2D eigenvalue weighted by molar-refractivity contribution is 7.13. The zero-order chi connectivity index (χ0) is 16.8. The van der Waals surface area contributed by atoms with E-state index in [0.29, 0.717) is 23.9 Å². The predicted molar refractivity (Wildman–Crippen MR) is 84.8 cm³/mol. The van der Waals surface area contributed by atoms with Gasteiger partial charge in [0.25, 0.3) is 0 Å². The van der Waals surface area contributed by atoms with E-state index in [-0.39, 0.29) is 29.4 Å². The molecule has 1 aromatic rings. The molecule has 128 valence electrons. The van der Waals surface area contributed by atoms with Gasteiger partial charge in [0.05, 0.1) is 31.1 Å². The van der Waals surface area contributed by atoms with Crippen LogP contribution in [0.2, 0.25) is 0 Å². The Hall–Kier alpha value is -1.51. The molecule has 1 aromatic heterocycles. The molecule has 1 amide bonds. The number of carbonyl (C=O) groups is 2. The van der Waals surface area contributed by atoms with Gasteiger partial charge in [0.15, 0.2) is 0 Å². The summed E-state index contributed by atoms with van der Waals surface area (Å²) < 4.78 is 10.9. The third kappa shape index (κ3) is 5.26. The van der Waals surface area contributed by atoms with Crippen molar-refractivity contribution in [3.8, 4) is 0 Å². The van der Waals surface area contributed by atoms with Crippen LogP contribution < -0.4 is 5.32 Å². The molecule has 2 heterocycles. The first-order valence-corrected chi connectivity index (χ1v) is 8.48. The molecule has 8 heteroatoms. The van der Waals surface area contributed by atoms with Gasteiger partial charge in [-0.1, -0.05) is 0 Å². The van der Waals surface area contributed by atoms with Crippen LogP contribution in [-0.4, -0.2) is 47.9 Å². The molecule has 1 aliphatic rings. The van der Waals surface area contributed by atoms with Crippen molar-refractivity contribution in [2.75, 3.05) is 19.8 Å². The van der Waals surface area contributed by atoms with E-state index in [2.05, 4.69) is 10.3 Å². The second-order valence-electron chi connectivity index (χ2n) is 5.52. The number of nitrogens with zero attached hydrogens (tertiary/aromatic N) is 1. The lowest BCUT2D eigenvalue weighted by Gasteiger charge is -2.12. The quantitative estimate of drug-likeness (QED) is 0.700. The van der Waals surface area contributed by atoms with Gasteiger partial charge >= 0.3 is 5.97 Å². The Balaban J connectivity index is 1.71. The molecule has 2 unspecified atom stereocenters. The molecule has 2 atom stereocenters. The molecule has 0 aliphatic carbocycles. The summed E-state index contributed by atoms with van der Waals surface area (Å²) in [6.45, 7) is 5.09. The monoisotopic (exact) mass is 342 g/mol. The molecule has 0 saturated carbocycles. The number of aromatic nitrogens is 1. The van der Waals surface area contributed by atoms with Gasteiger partial charge in [-0.3, -0.25) is 4.79 Å². The number of aromatic carboxylic acids is 1. The maximum atomic E-state index is 11.9. The lowest BCUT2D eigenvalue weighted by Crippen LogP contribution is -2.28. The summed E-state index contributed by atoms with van der Waals surface area (Å²) >= 11 is 1.09. The van der Waals surface area contributed by atoms with Crippen molar-refractivity contribution in [3.63, 3.8) is 0 Å². The molecule has 0 bridgehead atoms. The highest BCUT2D eigenvalue weighted by atomic mass is 32.1. The van der Waals surface area contributed by atoms with Crippen molar-refractivity contribution in [1.29, 1.82) is 0 Å². The summed E-state index contributed by atoms with van der Waals surface area (Å²) in [7, 11) is 0. The fourth-order valence-corrected chi connectivity index (χ4v) is 3.24. The molecule has 2 rings (SSSR count). The predicted octanol–water partition coefficient (Wildman–Crippen LogP) is 1.91. The average Bonchev–Trinajstić information content (AvgIpc) is 3.12. The summed E-state index contributed by atoms with van der Waals surface area (Å²) in [6, 6.07) is -0.322. The SMILES string of the molecule is Cc1nc(C(C)NC(=O)CCOCC2CCCO2)sc1C(=O)O. The van der Waals surface area contributed by atoms with Gasteiger partial charge in [0.1, 0.15) is 9.88 Å². The second kappa shape index (κ2) is 8.37. The van der Waals surface area contributed by atoms with Crippen LogP contribution in [-0.2, 0) is 14.3 Å². The molecule has 23 heavy (non-hydrogen) atoms. The van der Waals surface area contributed by atoms with Crippen molar-refractivity contribution >= 4 is 23.2 Å². The second-order valence-corrected chi connectivity index (χ2v) is 6.55. The van der Waals surface area contributed by atoms with E-state index < -0.39 is 5.97 Å². The number of ether oxygens (including phenoxy) is 2. The number of hydrogen-bond acceptors (Lipinski definition) is 6. The number of nitrogens with one attached hydrogen (secondary N) is 1. The largest absolute Gasteiger partial charge is 0.477 e. The third-order valence-corrected chi connectivity index (χ3v) is 4.88. The van der Waals surface area contributed by atoms with Crippen molar-refractivity contribution < 1.29 is 24.2 Å². The Bertz CT molecular complexity index is 554. The zero-order valence-electron chi connectivity index (χ0n) is 13.3. The van der Waals surface area contributed by atoms with Gasteiger partial charge < -0.3 is 19.9 Å². The van der Waals surface area contributed by atoms with Crippen LogP contribution in [0.25, 0.3) is 0 Å². The van der Waals surface area contributed by atoms with E-state index in [1.165, 1.54) is 0 Å². The summed E-state index contributed by atoms with van der Waals surface area (Å²) in [5.41, 5.74) is 0.471. The lowest BCUT2D eigenvalue weighted by molar-refractivity contribution is -0.123. The smallest absolute Gasteiger partial charge is 0.347 e. The van der Waals surface area contributed by atoms with Gasteiger partial charge in [-0.2, -0.15) is 0 Å². The van der Waals surface area contributed by atoms with E-state index in [1.54, 1.807) is 13.8 Å². The Labute approximate surface area is 139 Å². The number of rotatable bonds is 8. The van der Waals surface area contributed by atoms with Crippen LogP contribution in [0.4, 0.5) is 0 Å². The maximum Gasteiger partial charge on any atom is 0.347 e. The normalized spacial score (nSPS) is 18.8. The Morgan fingerprint density at radius 1 is 1.57 bits per heavy atom. The molecular formula is C15H22N2O5S. The van der Waals surface area contributed by atoms with Crippen LogP contribution in [0.15, 0.2) is 0 Å². The minimum Gasteiger partial charge on any atom is -0.477 e. The van der Waals surface area contributed by atoms with Gasteiger partial charge in [-0.05, 0) is 26.7 Å². The van der Waals surface area contributed by atoms with Crippen molar-refractivity contribution in [3.05, 3.63) is 15.6 Å². The van der Waals surface area contributed by atoms with E-state index in [0.717, 1.165) is 30.8 Å². The molecule has 1 fully saturated rings. The topological polar surface area (TPSA) is 97.8 Å². The number of carboxylic acid groups (broad SMARTS) is 1. The van der Waals surface area contributed by atoms with Gasteiger partial charge in [-0.25, -0.2) is 9.78 Å². The number of carbonyl (C=O) groups excluding carboxylic acids is 1. The van der Waals surface area contributed by atoms with Crippen LogP contribution in [0.3, 0.4) is 0 Å². The summed E-state index contributed by atoms with van der Waals surface area (Å²) in [5.74, 6) is -1.14. The molecular weight excluding hydrogens is 320 g/mol. The third-order valence-electron chi connectivity index (χ3n) is 3.56. The fraction of sp³-hybridized carbons (Fsp3) is 0.667. The van der Waals surface area contributed by atoms with Crippen LogP contribution in [0.5, 0.6) is 0 Å². The van der Waals surface area contributed by atoms with Crippen LogP contribution in [0.1, 0.15) is 52.6 Å². The Kier molecular flexibility index (Phi) is 6.49. The van der Waals surface area contributed by atoms with Crippen molar-refractivity contribution in [2.45, 2.75) is 45.3 Å². The molecule has 2 N–H and O–H groups in total. The van der Waals surface area contributed by atoms with E-state index in [9.17, 15) is 9.59 Å². The number of amides is 1. The maximum absolute atomic E-state index is 11.9. The minimum atomic E-state index is -0.993. The van der Waals surface area contributed by atoms with Gasteiger partial charge in [0.2, 0.25) is 5.91 Å². The summed E-state index contributed by atoms with van der Waals surface area (Å²) in [6.07, 6.45) is 2.49. The lowest BCUT2D eigenvalue weighted by atomic mass is 10.2. The zero-order valence-corrected chi connectivity index (χ0v) is 14.1. The molecule has 7 nitrogen and oxygen atoms in total. The van der Waals surface area contributed by atoms with E-state index >= 15 is 0 Å². The average molecular weight is 342 g/mol. The molecule has 1 saturated heterocycles. The Morgan fingerprint density at radius 2 is 2.35 bits per heavy atom. The standard InChI is InChI=1S/C15H22N2O5S/c1-9-13(15(19)20)23-14(17-9)10(2)16-12(18)5-7-21-8-11-4-3-6-22-11/h10-11H,3-8H2,1-2H3,(H,16,18)(H,19,20). The highest BCUT2D eigenvalue weighted by Crippen LogP contribution is 2.23. The molecule has 0 radical (unpaired) electrons. The number of carboxylic acids is 1. The van der Waals surface area contributed by atoms with Crippen molar-refractivity contribution in [1.82, 2.24) is 10.3 Å². The minimum absolute atomic E-state index is 0.144. The summed E-state index contributed by atoms with van der Waals surface area (Å²) in [4.78, 5) is 27.3. The molecule has 1 aliphatic heterocycles. The summed E-state index contributed by atoms with van der Waals surface area (Å²) in [5, 5.41) is 12.4. The number of thiazole rings is 1. The molecule has 0 aromatic carbocycles. The number of hydrogen-bond donors (Lipinski definition) is 2. The molecule has 0 spiro atoms. The number of aryl methyl sites for hydroxylation is 1. The Morgan fingerprint density at radius 3 is 2.96 bits per heavy atom. The van der Waals surface area contributed by atoms with Gasteiger partial charge in [-0.15, -0.1) is 11.3 Å². The first-order valence-electron chi connectivity index (χ1n) is 7.66. The van der Waals surface area contributed by atoms with Crippen LogP contribution in [0, 0.1) is 6.92 Å². The first kappa shape index (κ1) is 17.8. The highest BCUT2D eigenvalue weighted by Gasteiger charge is 2.19. The van der Waals surface area contributed by atoms with E-state index in [1.807, 2.05) is 0 Å².